The van der Waals surface area contributed by atoms with E-state index < -0.39 is 0 Å². The Kier molecular flexibility index (Phi) is 4.79. The summed E-state index contributed by atoms with van der Waals surface area (Å²) in [6.45, 7) is 0. The number of benzene rings is 2. The Bertz CT molecular complexity index is 1540. The minimum Gasteiger partial charge on any atom is -0.0839 e. The largest absolute Gasteiger partial charge is 0.0839 e. The average Bonchev–Trinajstić information content (AvgIpc) is 2.91. The molecule has 0 saturated heterocycles. The first-order valence-electron chi connectivity index (χ1n) is 13.0. The highest BCUT2D eigenvalue weighted by molar-refractivity contribution is 6.02. The molecule has 0 saturated carbocycles. The lowest BCUT2D eigenvalue weighted by atomic mass is 9.76. The van der Waals surface area contributed by atoms with Gasteiger partial charge < -0.3 is 0 Å². The van der Waals surface area contributed by atoms with Crippen LogP contribution in [0.15, 0.2) is 96.2 Å². The quantitative estimate of drug-likeness (QED) is 0.460. The number of hydrogen-bond acceptors (Lipinski definition) is 0. The molecular formula is C34H30. The predicted molar refractivity (Wildman–Crippen MR) is 146 cm³/mol. The van der Waals surface area contributed by atoms with Crippen LogP contribution in [0, 0.1) is 11.8 Å². The number of hydrogen-bond donors (Lipinski definition) is 0. The molecule has 0 radical (unpaired) electrons. The molecule has 2 atom stereocenters. The van der Waals surface area contributed by atoms with Crippen LogP contribution in [0.25, 0.3) is 34.1 Å². The van der Waals surface area contributed by atoms with Crippen molar-refractivity contribution >= 4 is 34.1 Å². The zero-order valence-corrected chi connectivity index (χ0v) is 19.6. The topological polar surface area (TPSA) is 0 Å². The molecule has 0 heterocycles. The van der Waals surface area contributed by atoms with Crippen LogP contribution >= 0.6 is 0 Å². The van der Waals surface area contributed by atoms with E-state index >= 15 is 0 Å². The summed E-state index contributed by atoms with van der Waals surface area (Å²) in [5, 5.41) is 5.79. The van der Waals surface area contributed by atoms with Gasteiger partial charge in [-0.15, -0.1) is 0 Å². The van der Waals surface area contributed by atoms with Crippen molar-refractivity contribution in [3.8, 4) is 0 Å². The van der Waals surface area contributed by atoms with Crippen molar-refractivity contribution in [1.82, 2.24) is 0 Å². The van der Waals surface area contributed by atoms with E-state index in [9.17, 15) is 0 Å². The second kappa shape index (κ2) is 8.13. The molecule has 2 unspecified atom stereocenters. The summed E-state index contributed by atoms with van der Waals surface area (Å²) in [5.74, 6) is 1.20. The molecule has 0 N–H and O–H groups in total. The van der Waals surface area contributed by atoms with Gasteiger partial charge in [0.05, 0.1) is 0 Å². The fraction of sp³-hybridized carbons (Fsp3) is 0.235. The summed E-state index contributed by atoms with van der Waals surface area (Å²) < 4.78 is 0. The van der Waals surface area contributed by atoms with Gasteiger partial charge in [0.25, 0.3) is 0 Å². The van der Waals surface area contributed by atoms with E-state index in [-0.39, 0.29) is 0 Å². The van der Waals surface area contributed by atoms with Crippen LogP contribution < -0.4 is 10.4 Å². The molecule has 0 spiro atoms. The summed E-state index contributed by atoms with van der Waals surface area (Å²) in [7, 11) is 0. The maximum atomic E-state index is 2.52. The molecule has 7 rings (SSSR count). The number of allylic oxidation sites excluding steroid dienone is 14. The van der Waals surface area contributed by atoms with Crippen molar-refractivity contribution < 1.29 is 0 Å². The number of rotatable bonds is 2. The molecule has 34 heavy (non-hydrogen) atoms. The molecule has 0 bridgehead atoms. The fourth-order valence-electron chi connectivity index (χ4n) is 6.65. The Morgan fingerprint density at radius 3 is 2.35 bits per heavy atom. The Morgan fingerprint density at radius 1 is 0.735 bits per heavy atom. The average molecular weight is 439 g/mol. The van der Waals surface area contributed by atoms with Gasteiger partial charge in [0.2, 0.25) is 0 Å². The first-order valence-corrected chi connectivity index (χ1v) is 13.0. The van der Waals surface area contributed by atoms with Crippen molar-refractivity contribution in [3.63, 3.8) is 0 Å². The molecule has 0 aromatic heterocycles. The first-order chi connectivity index (χ1) is 16.9. The molecule has 0 nitrogen and oxygen atoms in total. The second-order valence-electron chi connectivity index (χ2n) is 10.3. The highest BCUT2D eigenvalue weighted by atomic mass is 14.3. The van der Waals surface area contributed by atoms with Gasteiger partial charge >= 0.3 is 0 Å². The van der Waals surface area contributed by atoms with Crippen molar-refractivity contribution in [2.24, 2.45) is 11.8 Å². The summed E-state index contributed by atoms with van der Waals surface area (Å²) in [5.41, 5.74) is 8.94. The van der Waals surface area contributed by atoms with Crippen LogP contribution in [-0.4, -0.2) is 0 Å². The molecule has 2 aromatic carbocycles. The maximum Gasteiger partial charge on any atom is 0.00617 e. The standard InChI is InChI=1S/C34H30/c1-3-11-25-21-27(19-17-23(25)9-1)33-29-13-5-7-15-31(29)34(32-16-8-6-14-30(32)33)28-20-18-24-10-2-4-12-26(24)22-28/h1-5,7,9,11-17,19,22,24-25H,6,8,10,18,20-21H2. The Labute approximate surface area is 202 Å². The van der Waals surface area contributed by atoms with Crippen molar-refractivity contribution in [2.75, 3.05) is 0 Å². The minimum absolute atomic E-state index is 0.496. The summed E-state index contributed by atoms with van der Waals surface area (Å²) in [6.07, 6.45) is 35.2. The zero-order chi connectivity index (χ0) is 22.5. The third kappa shape index (κ3) is 3.20. The van der Waals surface area contributed by atoms with Gasteiger partial charge in [0.15, 0.2) is 0 Å². The van der Waals surface area contributed by atoms with Gasteiger partial charge in [-0.2, -0.15) is 0 Å². The molecular weight excluding hydrogens is 408 g/mol. The van der Waals surface area contributed by atoms with E-state index in [0.29, 0.717) is 11.8 Å². The Balaban J connectivity index is 1.50. The van der Waals surface area contributed by atoms with Crippen molar-refractivity contribution in [3.05, 3.63) is 118 Å². The van der Waals surface area contributed by atoms with Crippen molar-refractivity contribution in [2.45, 2.75) is 38.5 Å². The molecule has 0 aliphatic heterocycles. The van der Waals surface area contributed by atoms with E-state index in [0.717, 1.165) is 19.3 Å². The minimum atomic E-state index is 0.496. The normalized spacial score (nSPS) is 24.6. The third-order valence-electron chi connectivity index (χ3n) is 8.31. The molecule has 5 aliphatic carbocycles. The summed E-state index contributed by atoms with van der Waals surface area (Å²) in [6, 6.07) is 9.18. The van der Waals surface area contributed by atoms with Gasteiger partial charge in [-0.3, -0.25) is 0 Å². The monoisotopic (exact) mass is 438 g/mol. The first kappa shape index (κ1) is 20.0. The lowest BCUT2D eigenvalue weighted by Crippen LogP contribution is -2.35. The zero-order valence-electron chi connectivity index (χ0n) is 19.6. The third-order valence-corrected chi connectivity index (χ3v) is 8.31. The molecule has 0 heteroatoms. The van der Waals surface area contributed by atoms with E-state index in [1.807, 2.05) is 0 Å². The molecule has 5 aliphatic rings. The summed E-state index contributed by atoms with van der Waals surface area (Å²) >= 11 is 0. The summed E-state index contributed by atoms with van der Waals surface area (Å²) in [4.78, 5) is 0. The maximum absolute atomic E-state index is 2.52. The van der Waals surface area contributed by atoms with Gasteiger partial charge in [0.1, 0.15) is 0 Å². The SMILES string of the molecule is C1=CCC2CCC(c3c4c(c(C5=CC=C6C=CC=CC6C5)c5ccccc35)=CCCC=4)=CC2=C1. The van der Waals surface area contributed by atoms with Crippen LogP contribution in [0.1, 0.15) is 49.7 Å². The lowest BCUT2D eigenvalue weighted by Gasteiger charge is -2.28. The van der Waals surface area contributed by atoms with E-state index in [2.05, 4.69) is 97.2 Å². The van der Waals surface area contributed by atoms with Gasteiger partial charge in [-0.25, -0.2) is 0 Å². The van der Waals surface area contributed by atoms with Crippen LogP contribution in [0.2, 0.25) is 0 Å². The highest BCUT2D eigenvalue weighted by Gasteiger charge is 2.25. The smallest absolute Gasteiger partial charge is 0.00617 e. The van der Waals surface area contributed by atoms with E-state index in [1.54, 1.807) is 0 Å². The van der Waals surface area contributed by atoms with Gasteiger partial charge in [0, 0.05) is 5.92 Å². The predicted octanol–water partition coefficient (Wildman–Crippen LogP) is 7.33. The Hall–Kier alpha value is -3.38. The van der Waals surface area contributed by atoms with E-state index in [1.165, 1.54) is 73.9 Å². The molecule has 0 amide bonds. The Morgan fingerprint density at radius 2 is 1.53 bits per heavy atom. The van der Waals surface area contributed by atoms with E-state index in [4.69, 9.17) is 0 Å². The van der Waals surface area contributed by atoms with Gasteiger partial charge in [-0.1, -0.05) is 97.2 Å². The van der Waals surface area contributed by atoms with Crippen LogP contribution in [0.5, 0.6) is 0 Å². The molecule has 0 fully saturated rings. The fourth-order valence-corrected chi connectivity index (χ4v) is 6.65. The number of fused-ring (bicyclic) bond motifs is 4. The van der Waals surface area contributed by atoms with Crippen molar-refractivity contribution in [1.29, 1.82) is 0 Å². The lowest BCUT2D eigenvalue weighted by molar-refractivity contribution is 0.572. The molecule has 2 aromatic rings. The van der Waals surface area contributed by atoms with Crippen LogP contribution in [0.3, 0.4) is 0 Å². The van der Waals surface area contributed by atoms with Crippen LogP contribution in [0.4, 0.5) is 0 Å². The van der Waals surface area contributed by atoms with Crippen LogP contribution in [-0.2, 0) is 0 Å². The highest BCUT2D eigenvalue weighted by Crippen LogP contribution is 2.40. The second-order valence-corrected chi connectivity index (χ2v) is 10.3. The molecule has 166 valence electrons. The van der Waals surface area contributed by atoms with Gasteiger partial charge in [-0.05, 0) is 99.1 Å².